The number of rotatable bonds is 10. The lowest BCUT2D eigenvalue weighted by molar-refractivity contribution is 0.306. The summed E-state index contributed by atoms with van der Waals surface area (Å²) in [7, 11) is -4.58. The highest BCUT2D eigenvalue weighted by atomic mass is 31.2. The molecule has 5 aromatic rings. The van der Waals surface area contributed by atoms with E-state index in [0.717, 1.165) is 27.8 Å². The number of aryl methyl sites for hydroxylation is 2. The Hall–Kier alpha value is -3.68. The van der Waals surface area contributed by atoms with Gasteiger partial charge in [-0.25, -0.2) is 0 Å². The first-order chi connectivity index (χ1) is 19.8. The average molecular weight is 581 g/mol. The van der Waals surface area contributed by atoms with Crippen LogP contribution in [-0.4, -0.2) is 13.3 Å². The number of para-hydroxylation sites is 2. The van der Waals surface area contributed by atoms with Gasteiger partial charge in [-0.3, -0.25) is 4.57 Å². The molecule has 0 saturated carbocycles. The molecule has 41 heavy (non-hydrogen) atoms. The normalized spacial score (nSPS) is 13.3. The molecule has 0 bridgehead atoms. The first-order valence-electron chi connectivity index (χ1n) is 13.5. The van der Waals surface area contributed by atoms with E-state index in [-0.39, 0.29) is 0 Å². The Bertz CT molecular complexity index is 1700. The van der Waals surface area contributed by atoms with Gasteiger partial charge in [-0.15, -0.1) is 0 Å². The third-order valence-electron chi connectivity index (χ3n) is 6.98. The van der Waals surface area contributed by atoms with Crippen molar-refractivity contribution in [3.63, 3.8) is 0 Å². The summed E-state index contributed by atoms with van der Waals surface area (Å²) in [5.74, 6) is 0.930. The highest BCUT2D eigenvalue weighted by Gasteiger charge is 2.27. The van der Waals surface area contributed by atoms with Gasteiger partial charge in [-0.1, -0.05) is 103 Å². The van der Waals surface area contributed by atoms with Crippen LogP contribution < -0.4 is 14.4 Å². The van der Waals surface area contributed by atoms with Crippen molar-refractivity contribution in [2.75, 3.05) is 13.3 Å². The second-order valence-corrected chi connectivity index (χ2v) is 13.7. The predicted molar refractivity (Wildman–Crippen MR) is 172 cm³/mol. The molecule has 0 saturated heterocycles. The van der Waals surface area contributed by atoms with Gasteiger partial charge in [-0.05, 0) is 71.0 Å². The van der Waals surface area contributed by atoms with E-state index >= 15 is 0 Å². The lowest BCUT2D eigenvalue weighted by atomic mass is 9.96. The Morgan fingerprint density at radius 2 is 1.10 bits per heavy atom. The average Bonchev–Trinajstić information content (AvgIpc) is 2.98. The fraction of sp³-hybridized carbons (Fsp3) is 0.143. The standard InChI is InChI=1S/C35H34O4P2/c1-26-15-5-8-18-29(26)31-20-10-7-17-28(31)25-37-40(3)38-33-22-12-13-23-34(33)39-41(4,36)35-24-14-11-21-32(35)30-19-9-6-16-27(30)2/h5-24H,25H2,1-4H3. The molecule has 208 valence electrons. The van der Waals surface area contributed by atoms with E-state index in [2.05, 4.69) is 50.2 Å². The molecule has 0 radical (unpaired) electrons. The highest BCUT2D eigenvalue weighted by molar-refractivity contribution is 7.66. The molecular weight excluding hydrogens is 546 g/mol. The molecule has 5 aromatic carbocycles. The maximum Gasteiger partial charge on any atom is 0.275 e. The quantitative estimate of drug-likeness (QED) is 0.154. The lowest BCUT2D eigenvalue weighted by Crippen LogP contribution is -2.12. The van der Waals surface area contributed by atoms with Gasteiger partial charge in [0.15, 0.2) is 11.5 Å². The summed E-state index contributed by atoms with van der Waals surface area (Å²) in [6.45, 7) is 8.16. The molecule has 5 rings (SSSR count). The van der Waals surface area contributed by atoms with Crippen LogP contribution >= 0.6 is 15.7 Å². The fourth-order valence-corrected chi connectivity index (χ4v) is 7.29. The molecule has 0 amide bonds. The first kappa shape index (κ1) is 28.8. The Morgan fingerprint density at radius 3 is 1.76 bits per heavy atom. The van der Waals surface area contributed by atoms with Crippen LogP contribution in [0.3, 0.4) is 0 Å². The molecule has 6 heteroatoms. The molecule has 0 aliphatic rings. The maximum atomic E-state index is 14.1. The molecule has 0 aliphatic carbocycles. The maximum absolute atomic E-state index is 14.1. The Kier molecular flexibility index (Phi) is 9.06. The van der Waals surface area contributed by atoms with E-state index < -0.39 is 15.7 Å². The van der Waals surface area contributed by atoms with Crippen molar-refractivity contribution in [3.8, 4) is 33.8 Å². The Morgan fingerprint density at radius 1 is 0.610 bits per heavy atom. The van der Waals surface area contributed by atoms with Crippen molar-refractivity contribution >= 4 is 21.0 Å². The van der Waals surface area contributed by atoms with Crippen LogP contribution in [0, 0.1) is 13.8 Å². The zero-order valence-electron chi connectivity index (χ0n) is 23.8. The van der Waals surface area contributed by atoms with Crippen molar-refractivity contribution in [1.29, 1.82) is 0 Å². The fourth-order valence-electron chi connectivity index (χ4n) is 4.88. The number of hydrogen-bond donors (Lipinski definition) is 0. The van der Waals surface area contributed by atoms with E-state index in [1.807, 2.05) is 85.5 Å². The van der Waals surface area contributed by atoms with Gasteiger partial charge >= 0.3 is 0 Å². The summed E-state index contributed by atoms with van der Waals surface area (Å²) in [5.41, 5.74) is 7.71. The monoisotopic (exact) mass is 580 g/mol. The van der Waals surface area contributed by atoms with Gasteiger partial charge in [-0.2, -0.15) is 0 Å². The SMILES string of the molecule is Cc1ccccc1-c1ccccc1COP(C)Oc1ccccc1OP(C)(=O)c1ccccc1-c1ccccc1C. The molecule has 0 N–H and O–H groups in total. The van der Waals surface area contributed by atoms with Crippen LogP contribution in [0.5, 0.6) is 11.5 Å². The molecule has 0 spiro atoms. The van der Waals surface area contributed by atoms with Crippen LogP contribution in [0.4, 0.5) is 0 Å². The van der Waals surface area contributed by atoms with Gasteiger partial charge < -0.3 is 13.6 Å². The van der Waals surface area contributed by atoms with Crippen LogP contribution in [0.25, 0.3) is 22.3 Å². The molecule has 0 fully saturated rings. The van der Waals surface area contributed by atoms with Gasteiger partial charge in [0.1, 0.15) is 0 Å². The third-order valence-corrected chi connectivity index (χ3v) is 9.74. The van der Waals surface area contributed by atoms with Crippen LogP contribution in [0.15, 0.2) is 121 Å². The molecule has 2 unspecified atom stereocenters. The van der Waals surface area contributed by atoms with Gasteiger partial charge in [0.05, 0.1) is 11.9 Å². The smallest absolute Gasteiger partial charge is 0.275 e. The van der Waals surface area contributed by atoms with Crippen LogP contribution in [0.2, 0.25) is 0 Å². The van der Waals surface area contributed by atoms with E-state index in [4.69, 9.17) is 13.6 Å². The zero-order chi connectivity index (χ0) is 28.8. The summed E-state index contributed by atoms with van der Waals surface area (Å²) in [5, 5.41) is 0.673. The summed E-state index contributed by atoms with van der Waals surface area (Å²) < 4.78 is 32.9. The van der Waals surface area contributed by atoms with Crippen molar-refractivity contribution in [2.45, 2.75) is 20.5 Å². The zero-order valence-corrected chi connectivity index (χ0v) is 25.6. The van der Waals surface area contributed by atoms with E-state index in [1.165, 1.54) is 11.1 Å². The first-order valence-corrected chi connectivity index (χ1v) is 17.2. The second-order valence-electron chi connectivity index (χ2n) is 9.99. The Labute approximate surface area is 244 Å². The van der Waals surface area contributed by atoms with E-state index in [1.54, 1.807) is 12.7 Å². The Balaban J connectivity index is 1.33. The lowest BCUT2D eigenvalue weighted by Gasteiger charge is -2.22. The summed E-state index contributed by atoms with van der Waals surface area (Å²) in [4.78, 5) is 0. The van der Waals surface area contributed by atoms with Gasteiger partial charge in [0.25, 0.3) is 7.37 Å². The summed E-state index contributed by atoms with van der Waals surface area (Å²) >= 11 is 0. The second kappa shape index (κ2) is 12.9. The minimum Gasteiger partial charge on any atom is -0.444 e. The summed E-state index contributed by atoms with van der Waals surface area (Å²) in [6, 6.07) is 39.8. The van der Waals surface area contributed by atoms with Gasteiger partial charge in [0, 0.05) is 13.3 Å². The molecule has 0 aliphatic heterocycles. The molecule has 4 nitrogen and oxygen atoms in total. The van der Waals surface area contributed by atoms with E-state index in [0.29, 0.717) is 23.4 Å². The minimum absolute atomic E-state index is 0.409. The van der Waals surface area contributed by atoms with Crippen molar-refractivity contribution < 1.29 is 18.1 Å². The topological polar surface area (TPSA) is 44.8 Å². The highest BCUT2D eigenvalue weighted by Crippen LogP contribution is 2.49. The largest absolute Gasteiger partial charge is 0.444 e. The predicted octanol–water partition coefficient (Wildman–Crippen LogP) is 9.79. The van der Waals surface area contributed by atoms with Gasteiger partial charge in [0.2, 0.25) is 8.38 Å². The number of hydrogen-bond acceptors (Lipinski definition) is 4. The molecular formula is C35H34O4P2. The van der Waals surface area contributed by atoms with Crippen molar-refractivity contribution in [1.82, 2.24) is 0 Å². The number of benzene rings is 5. The minimum atomic E-state index is -3.28. The third kappa shape index (κ3) is 6.80. The molecule has 2 atom stereocenters. The van der Waals surface area contributed by atoms with Crippen LogP contribution in [-0.2, 0) is 15.7 Å². The summed E-state index contributed by atoms with van der Waals surface area (Å²) in [6.07, 6.45) is 0. The molecule has 0 aromatic heterocycles. The van der Waals surface area contributed by atoms with Crippen molar-refractivity contribution in [3.05, 3.63) is 138 Å². The molecule has 0 heterocycles. The van der Waals surface area contributed by atoms with Crippen LogP contribution in [0.1, 0.15) is 16.7 Å². The van der Waals surface area contributed by atoms with Crippen molar-refractivity contribution in [2.24, 2.45) is 0 Å². The van der Waals surface area contributed by atoms with E-state index in [9.17, 15) is 4.57 Å².